The highest BCUT2D eigenvalue weighted by molar-refractivity contribution is 6.28. The van der Waals surface area contributed by atoms with Gasteiger partial charge in [0.05, 0.1) is 11.6 Å². The number of hydrogen-bond donors (Lipinski definition) is 0. The second kappa shape index (κ2) is 8.82. The van der Waals surface area contributed by atoms with Gasteiger partial charge in [-0.15, -0.1) is 0 Å². The Labute approximate surface area is 252 Å². The van der Waals surface area contributed by atoms with Crippen molar-refractivity contribution < 1.29 is 8.83 Å². The molecule has 2 heterocycles. The highest BCUT2D eigenvalue weighted by Crippen LogP contribution is 2.48. The average molecular weight is 561 g/mol. The Morgan fingerprint density at radius 2 is 0.955 bits per heavy atom. The lowest BCUT2D eigenvalue weighted by Gasteiger charge is -2.19. The molecule has 0 spiro atoms. The number of benzene rings is 8. The third kappa shape index (κ3) is 3.14. The molecule has 0 saturated carbocycles. The van der Waals surface area contributed by atoms with Crippen molar-refractivity contribution in [3.63, 3.8) is 0 Å². The summed E-state index contributed by atoms with van der Waals surface area (Å²) in [6.07, 6.45) is 1.75. The van der Waals surface area contributed by atoms with E-state index in [1.807, 2.05) is 6.07 Å². The Hall–Kier alpha value is -5.86. The largest absolute Gasteiger partial charge is 0.464 e. The fourth-order valence-electron chi connectivity index (χ4n) is 7.47. The molecule has 0 saturated heterocycles. The number of para-hydroxylation sites is 1. The first-order chi connectivity index (χ1) is 21.8. The molecule has 2 aromatic heterocycles. The third-order valence-electron chi connectivity index (χ3n) is 9.32. The van der Waals surface area contributed by atoms with Gasteiger partial charge in [0.1, 0.15) is 16.7 Å². The van der Waals surface area contributed by atoms with Gasteiger partial charge in [0.25, 0.3) is 0 Å². The van der Waals surface area contributed by atoms with Gasteiger partial charge in [-0.2, -0.15) is 0 Å². The van der Waals surface area contributed by atoms with Crippen LogP contribution in [-0.4, -0.2) is 0 Å². The molecule has 10 aromatic rings. The molecule has 2 heteroatoms. The molecule has 0 bridgehead atoms. The standard InChI is InChI=1S/C42H24O2/c1-2-11-27-26(10-1)24-36(29-13-4-3-12-28(27)29)39-32-16-7-5-14-30(32)38(31-15-6-8-17-33(31)39)34-18-9-19-35-40-37(44-42(34)35)21-20-25-22-23-43-41(25)40/h1-24H. The van der Waals surface area contributed by atoms with Gasteiger partial charge in [0, 0.05) is 21.9 Å². The molecule has 2 nitrogen and oxygen atoms in total. The van der Waals surface area contributed by atoms with E-state index in [9.17, 15) is 0 Å². The number of furan rings is 2. The molecule has 0 N–H and O–H groups in total. The van der Waals surface area contributed by atoms with E-state index in [1.54, 1.807) is 6.26 Å². The summed E-state index contributed by atoms with van der Waals surface area (Å²) in [7, 11) is 0. The van der Waals surface area contributed by atoms with E-state index < -0.39 is 0 Å². The Morgan fingerprint density at radius 1 is 0.364 bits per heavy atom. The van der Waals surface area contributed by atoms with Crippen LogP contribution in [0.1, 0.15) is 0 Å². The molecule has 0 aliphatic heterocycles. The van der Waals surface area contributed by atoms with Crippen LogP contribution in [0.3, 0.4) is 0 Å². The van der Waals surface area contributed by atoms with Gasteiger partial charge in [-0.25, -0.2) is 0 Å². The summed E-state index contributed by atoms with van der Waals surface area (Å²) in [6.45, 7) is 0. The van der Waals surface area contributed by atoms with Gasteiger partial charge in [-0.3, -0.25) is 0 Å². The van der Waals surface area contributed by atoms with Gasteiger partial charge in [-0.1, -0.05) is 115 Å². The second-order valence-electron chi connectivity index (χ2n) is 11.6. The summed E-state index contributed by atoms with van der Waals surface area (Å²) in [5.41, 5.74) is 7.36. The SMILES string of the molecule is c1ccc2c(c1)cc(-c1c3ccccc3c(-c3cccc4c3oc3ccc5ccoc5c34)c3ccccc13)c1ccccc12. The molecule has 44 heavy (non-hydrogen) atoms. The third-order valence-corrected chi connectivity index (χ3v) is 9.32. The minimum Gasteiger partial charge on any atom is -0.464 e. The maximum atomic E-state index is 6.67. The lowest BCUT2D eigenvalue weighted by molar-refractivity contribution is 0.618. The maximum Gasteiger partial charge on any atom is 0.145 e. The normalized spacial score (nSPS) is 12.1. The topological polar surface area (TPSA) is 26.3 Å². The second-order valence-corrected chi connectivity index (χ2v) is 11.6. The summed E-state index contributed by atoms with van der Waals surface area (Å²) in [4.78, 5) is 0. The Morgan fingerprint density at radius 3 is 1.68 bits per heavy atom. The monoisotopic (exact) mass is 560 g/mol. The summed E-state index contributed by atoms with van der Waals surface area (Å²) >= 11 is 0. The lowest BCUT2D eigenvalue weighted by Crippen LogP contribution is -1.92. The van der Waals surface area contributed by atoms with Crippen LogP contribution < -0.4 is 0 Å². The summed E-state index contributed by atoms with van der Waals surface area (Å²) < 4.78 is 12.6. The molecule has 0 aliphatic rings. The Balaban J connectivity index is 1.38. The number of hydrogen-bond acceptors (Lipinski definition) is 2. The average Bonchev–Trinajstić information content (AvgIpc) is 3.72. The minimum absolute atomic E-state index is 0.836. The highest BCUT2D eigenvalue weighted by Gasteiger charge is 2.22. The van der Waals surface area contributed by atoms with Gasteiger partial charge < -0.3 is 8.83 Å². The molecule has 10 rings (SSSR count). The van der Waals surface area contributed by atoms with Crippen LogP contribution in [0.4, 0.5) is 0 Å². The van der Waals surface area contributed by atoms with Gasteiger partial charge in [-0.05, 0) is 78.5 Å². The van der Waals surface area contributed by atoms with E-state index in [0.29, 0.717) is 0 Å². The molecule has 0 atom stereocenters. The molecule has 0 fully saturated rings. The summed E-state index contributed by atoms with van der Waals surface area (Å²) in [5.74, 6) is 0. The predicted octanol–water partition coefficient (Wildman–Crippen LogP) is 12.3. The Kier molecular flexibility index (Phi) is 4.75. The van der Waals surface area contributed by atoms with Crippen LogP contribution in [0.5, 0.6) is 0 Å². The summed E-state index contributed by atoms with van der Waals surface area (Å²) in [5, 5.41) is 13.1. The van der Waals surface area contributed by atoms with Crippen LogP contribution in [0.25, 0.3) is 98.3 Å². The first-order valence-electron chi connectivity index (χ1n) is 15.0. The zero-order valence-corrected chi connectivity index (χ0v) is 23.7. The van der Waals surface area contributed by atoms with E-state index in [4.69, 9.17) is 8.83 Å². The Bertz CT molecular complexity index is 2720. The van der Waals surface area contributed by atoms with E-state index in [-0.39, 0.29) is 0 Å². The predicted molar refractivity (Wildman–Crippen MR) is 184 cm³/mol. The van der Waals surface area contributed by atoms with Crippen molar-refractivity contribution in [3.05, 3.63) is 146 Å². The van der Waals surface area contributed by atoms with Crippen molar-refractivity contribution in [2.75, 3.05) is 0 Å². The van der Waals surface area contributed by atoms with Crippen LogP contribution in [0.15, 0.2) is 155 Å². The first kappa shape index (κ1) is 23.7. The smallest absolute Gasteiger partial charge is 0.145 e. The van der Waals surface area contributed by atoms with Gasteiger partial charge in [0.2, 0.25) is 0 Å². The molecular weight excluding hydrogens is 536 g/mol. The molecule has 204 valence electrons. The number of fused-ring (bicyclic) bond motifs is 10. The highest BCUT2D eigenvalue weighted by atomic mass is 16.3. The van der Waals surface area contributed by atoms with Crippen molar-refractivity contribution in [2.24, 2.45) is 0 Å². The zero-order valence-electron chi connectivity index (χ0n) is 23.7. The molecule has 0 aliphatic carbocycles. The van der Waals surface area contributed by atoms with Gasteiger partial charge >= 0.3 is 0 Å². The molecule has 0 amide bonds. The van der Waals surface area contributed by atoms with Crippen LogP contribution in [0, 0.1) is 0 Å². The zero-order chi connectivity index (χ0) is 28.8. The maximum absolute atomic E-state index is 6.67. The van der Waals surface area contributed by atoms with Gasteiger partial charge in [0.15, 0.2) is 0 Å². The van der Waals surface area contributed by atoms with E-state index in [0.717, 1.165) is 38.5 Å². The van der Waals surface area contributed by atoms with E-state index in [2.05, 4.69) is 133 Å². The molecule has 0 unspecified atom stereocenters. The minimum atomic E-state index is 0.836. The quantitative estimate of drug-likeness (QED) is 0.155. The molecular formula is C42H24O2. The van der Waals surface area contributed by atoms with Crippen molar-refractivity contribution >= 4 is 76.0 Å². The van der Waals surface area contributed by atoms with Crippen molar-refractivity contribution in [2.45, 2.75) is 0 Å². The fraction of sp³-hybridized carbons (Fsp3) is 0. The van der Waals surface area contributed by atoms with Crippen molar-refractivity contribution in [1.29, 1.82) is 0 Å². The van der Waals surface area contributed by atoms with Crippen molar-refractivity contribution in [1.82, 2.24) is 0 Å². The van der Waals surface area contributed by atoms with Crippen LogP contribution in [-0.2, 0) is 0 Å². The lowest BCUT2D eigenvalue weighted by atomic mass is 9.83. The number of rotatable bonds is 2. The first-order valence-corrected chi connectivity index (χ1v) is 15.0. The van der Waals surface area contributed by atoms with Crippen LogP contribution in [0.2, 0.25) is 0 Å². The van der Waals surface area contributed by atoms with E-state index >= 15 is 0 Å². The van der Waals surface area contributed by atoms with E-state index in [1.165, 1.54) is 59.8 Å². The summed E-state index contributed by atoms with van der Waals surface area (Å²) in [6, 6.07) is 50.2. The van der Waals surface area contributed by atoms with Crippen molar-refractivity contribution in [3.8, 4) is 22.3 Å². The molecule has 0 radical (unpaired) electrons. The molecule has 8 aromatic carbocycles. The van der Waals surface area contributed by atoms with Crippen LogP contribution >= 0.6 is 0 Å². The fourth-order valence-corrected chi connectivity index (χ4v) is 7.47.